The molecule has 0 saturated carbocycles. The van der Waals surface area contributed by atoms with Gasteiger partial charge in [0.25, 0.3) is 0 Å². The molecule has 2 N–H and O–H groups in total. The Morgan fingerprint density at radius 2 is 1.52 bits per heavy atom. The highest BCUT2D eigenvalue weighted by atomic mass is 16.4. The van der Waals surface area contributed by atoms with Crippen molar-refractivity contribution in [3.63, 3.8) is 0 Å². The molecule has 2 rings (SSSR count). The van der Waals surface area contributed by atoms with Crippen LogP contribution < -0.4 is 5.32 Å². The molecule has 0 heterocycles. The number of nitrogens with zero attached hydrogens (tertiary/aromatic N) is 1. The molecular formula is C21H24N2O4. The minimum atomic E-state index is -1.08. The Hall–Kier alpha value is -3.15. The van der Waals surface area contributed by atoms with Crippen LogP contribution in [0.1, 0.15) is 24.5 Å². The van der Waals surface area contributed by atoms with E-state index in [0.29, 0.717) is 6.54 Å². The number of aliphatic carboxylic acids is 1. The van der Waals surface area contributed by atoms with E-state index < -0.39 is 17.9 Å². The number of carboxylic acid groups (broad SMARTS) is 1. The molecule has 0 radical (unpaired) electrons. The molecule has 0 unspecified atom stereocenters. The first-order valence-corrected chi connectivity index (χ1v) is 8.81. The van der Waals surface area contributed by atoms with Crippen molar-refractivity contribution < 1.29 is 19.5 Å². The maximum absolute atomic E-state index is 12.2. The first-order valence-electron chi connectivity index (χ1n) is 8.81. The number of carbonyl (C=O) groups is 3. The lowest BCUT2D eigenvalue weighted by Gasteiger charge is -2.21. The fraction of sp³-hybridized carbons (Fsp3) is 0.286. The van der Waals surface area contributed by atoms with Crippen molar-refractivity contribution >= 4 is 17.8 Å². The Kier molecular flexibility index (Phi) is 7.55. The van der Waals surface area contributed by atoms with Crippen molar-refractivity contribution in [3.05, 3.63) is 71.8 Å². The Balaban J connectivity index is 1.89. The summed E-state index contributed by atoms with van der Waals surface area (Å²) in [6.07, 6.45) is 0.257. The summed E-state index contributed by atoms with van der Waals surface area (Å²) in [6.45, 7) is 2.10. The Morgan fingerprint density at radius 3 is 2.04 bits per heavy atom. The van der Waals surface area contributed by atoms with Gasteiger partial charge in [-0.3, -0.25) is 9.59 Å². The van der Waals surface area contributed by atoms with Gasteiger partial charge < -0.3 is 15.3 Å². The number of carboxylic acids is 1. The monoisotopic (exact) mass is 368 g/mol. The summed E-state index contributed by atoms with van der Waals surface area (Å²) in [5.74, 6) is -1.61. The number of benzene rings is 2. The van der Waals surface area contributed by atoms with Gasteiger partial charge in [-0.2, -0.15) is 0 Å². The molecule has 0 spiro atoms. The van der Waals surface area contributed by atoms with E-state index in [-0.39, 0.29) is 25.3 Å². The van der Waals surface area contributed by atoms with E-state index in [0.717, 1.165) is 11.1 Å². The van der Waals surface area contributed by atoms with Gasteiger partial charge in [0.15, 0.2) is 0 Å². The molecule has 0 fully saturated rings. The molecule has 0 saturated heterocycles. The zero-order valence-corrected chi connectivity index (χ0v) is 15.3. The van der Waals surface area contributed by atoms with Crippen LogP contribution in [0.15, 0.2) is 60.7 Å². The fourth-order valence-electron chi connectivity index (χ4n) is 2.70. The molecule has 2 aromatic carbocycles. The summed E-state index contributed by atoms with van der Waals surface area (Å²) in [4.78, 5) is 37.1. The van der Waals surface area contributed by atoms with E-state index in [2.05, 4.69) is 5.32 Å². The molecule has 0 aliphatic carbocycles. The zero-order chi connectivity index (χ0) is 19.6. The minimum absolute atomic E-state index is 0.0466. The second-order valence-corrected chi connectivity index (χ2v) is 6.32. The Bertz CT molecular complexity index is 762. The van der Waals surface area contributed by atoms with Crippen molar-refractivity contribution in [2.75, 3.05) is 6.54 Å². The molecule has 2 aromatic rings. The van der Waals surface area contributed by atoms with Gasteiger partial charge >= 0.3 is 5.97 Å². The van der Waals surface area contributed by atoms with Gasteiger partial charge in [0, 0.05) is 32.9 Å². The van der Waals surface area contributed by atoms with Crippen LogP contribution in [0.3, 0.4) is 0 Å². The van der Waals surface area contributed by atoms with Crippen molar-refractivity contribution in [3.8, 4) is 0 Å². The van der Waals surface area contributed by atoms with Crippen LogP contribution in [0.25, 0.3) is 0 Å². The van der Waals surface area contributed by atoms with Crippen LogP contribution in [0.5, 0.6) is 0 Å². The van der Waals surface area contributed by atoms with Gasteiger partial charge in [-0.25, -0.2) is 4.79 Å². The van der Waals surface area contributed by atoms with Crippen molar-refractivity contribution in [2.45, 2.75) is 32.4 Å². The lowest BCUT2D eigenvalue weighted by Crippen LogP contribution is -2.43. The number of rotatable bonds is 9. The topological polar surface area (TPSA) is 86.7 Å². The molecular weight excluding hydrogens is 344 g/mol. The zero-order valence-electron chi connectivity index (χ0n) is 15.3. The molecule has 0 bridgehead atoms. The third kappa shape index (κ3) is 6.93. The van der Waals surface area contributed by atoms with E-state index in [1.54, 1.807) is 4.90 Å². The predicted molar refractivity (Wildman–Crippen MR) is 102 cm³/mol. The Morgan fingerprint density at radius 1 is 0.963 bits per heavy atom. The number of hydrogen-bond donors (Lipinski definition) is 2. The number of carbonyl (C=O) groups excluding carboxylic acids is 2. The van der Waals surface area contributed by atoms with Gasteiger partial charge in [-0.15, -0.1) is 0 Å². The molecule has 6 nitrogen and oxygen atoms in total. The lowest BCUT2D eigenvalue weighted by atomic mass is 10.1. The summed E-state index contributed by atoms with van der Waals surface area (Å²) in [5.41, 5.74) is 1.81. The van der Waals surface area contributed by atoms with E-state index >= 15 is 0 Å². The highest BCUT2D eigenvalue weighted by molar-refractivity contribution is 5.84. The summed E-state index contributed by atoms with van der Waals surface area (Å²) >= 11 is 0. The second-order valence-electron chi connectivity index (χ2n) is 6.32. The highest BCUT2D eigenvalue weighted by Gasteiger charge is 2.21. The van der Waals surface area contributed by atoms with Gasteiger partial charge in [-0.05, 0) is 11.1 Å². The summed E-state index contributed by atoms with van der Waals surface area (Å²) in [7, 11) is 0. The van der Waals surface area contributed by atoms with E-state index in [1.165, 1.54) is 6.92 Å². The minimum Gasteiger partial charge on any atom is -0.480 e. The van der Waals surface area contributed by atoms with Crippen LogP contribution in [-0.2, 0) is 27.3 Å². The van der Waals surface area contributed by atoms with Crippen molar-refractivity contribution in [2.24, 2.45) is 0 Å². The number of hydrogen-bond acceptors (Lipinski definition) is 3. The highest BCUT2D eigenvalue weighted by Crippen LogP contribution is 2.07. The maximum atomic E-state index is 12.2. The predicted octanol–water partition coefficient (Wildman–Crippen LogP) is 2.24. The summed E-state index contributed by atoms with van der Waals surface area (Å²) < 4.78 is 0. The largest absolute Gasteiger partial charge is 0.480 e. The molecule has 142 valence electrons. The van der Waals surface area contributed by atoms with E-state index in [4.69, 9.17) is 0 Å². The van der Waals surface area contributed by atoms with Crippen LogP contribution in [0.4, 0.5) is 0 Å². The SMILES string of the molecule is CC(=O)N(CCC(=O)N[C@H](Cc1ccccc1)C(=O)O)Cc1ccccc1. The number of nitrogens with one attached hydrogen (secondary N) is 1. The van der Waals surface area contributed by atoms with E-state index in [1.807, 2.05) is 60.7 Å². The average molecular weight is 368 g/mol. The van der Waals surface area contributed by atoms with Gasteiger partial charge in [0.1, 0.15) is 6.04 Å². The molecule has 27 heavy (non-hydrogen) atoms. The van der Waals surface area contributed by atoms with Crippen LogP contribution in [0, 0.1) is 0 Å². The third-order valence-electron chi connectivity index (χ3n) is 4.19. The fourth-order valence-corrected chi connectivity index (χ4v) is 2.70. The molecule has 0 aromatic heterocycles. The lowest BCUT2D eigenvalue weighted by molar-refractivity contribution is -0.142. The second kappa shape index (κ2) is 10.1. The summed E-state index contributed by atoms with van der Waals surface area (Å²) in [6, 6.07) is 17.6. The van der Waals surface area contributed by atoms with Crippen molar-refractivity contribution in [1.29, 1.82) is 0 Å². The molecule has 1 atom stereocenters. The quantitative estimate of drug-likeness (QED) is 0.711. The van der Waals surface area contributed by atoms with Crippen LogP contribution in [-0.4, -0.2) is 40.4 Å². The molecule has 2 amide bonds. The smallest absolute Gasteiger partial charge is 0.326 e. The molecule has 0 aliphatic rings. The molecule has 0 aliphatic heterocycles. The third-order valence-corrected chi connectivity index (χ3v) is 4.19. The first kappa shape index (κ1) is 20.2. The van der Waals surface area contributed by atoms with Crippen LogP contribution in [0.2, 0.25) is 0 Å². The van der Waals surface area contributed by atoms with Gasteiger partial charge in [0.2, 0.25) is 11.8 Å². The average Bonchev–Trinajstić information content (AvgIpc) is 2.66. The molecule has 6 heteroatoms. The van der Waals surface area contributed by atoms with E-state index in [9.17, 15) is 19.5 Å². The van der Waals surface area contributed by atoms with Crippen LogP contribution >= 0.6 is 0 Å². The maximum Gasteiger partial charge on any atom is 0.326 e. The van der Waals surface area contributed by atoms with Gasteiger partial charge in [0.05, 0.1) is 0 Å². The van der Waals surface area contributed by atoms with Gasteiger partial charge in [-0.1, -0.05) is 60.7 Å². The number of amides is 2. The van der Waals surface area contributed by atoms with Crippen molar-refractivity contribution in [1.82, 2.24) is 10.2 Å². The Labute approximate surface area is 158 Å². The summed E-state index contributed by atoms with van der Waals surface area (Å²) in [5, 5.41) is 11.9. The first-order chi connectivity index (χ1) is 13.0. The normalized spacial score (nSPS) is 11.4. The standard InChI is InChI=1S/C21H24N2O4/c1-16(24)23(15-18-10-6-3-7-11-18)13-12-20(25)22-19(21(26)27)14-17-8-4-2-5-9-17/h2-11,19H,12-15H2,1H3,(H,22,25)(H,26,27)/t19-/m1/s1.